The molecule has 0 bridgehead atoms. The molecule has 0 radical (unpaired) electrons. The molecule has 0 unspecified atom stereocenters. The molecule has 98 valence electrons. The molecule has 0 aliphatic rings. The van der Waals surface area contributed by atoms with Crippen molar-refractivity contribution in [2.24, 2.45) is 0 Å². The van der Waals surface area contributed by atoms with E-state index in [0.717, 1.165) is 33.2 Å². The van der Waals surface area contributed by atoms with E-state index in [-0.39, 0.29) is 0 Å². The average Bonchev–Trinajstić information content (AvgIpc) is 2.80. The Morgan fingerprint density at radius 3 is 2.75 bits per heavy atom. The minimum Gasteiger partial charge on any atom is -0.399 e. The summed E-state index contributed by atoms with van der Waals surface area (Å²) >= 11 is 3.46. The fraction of sp³-hybridized carbons (Fsp3) is 0.0625. The molecular weight excluding hydrogens is 314 g/mol. The first-order chi connectivity index (χ1) is 9.65. The molecule has 1 heterocycles. The summed E-state index contributed by atoms with van der Waals surface area (Å²) in [5.74, 6) is 0. The molecule has 0 spiro atoms. The molecule has 3 nitrogen and oxygen atoms in total. The third kappa shape index (κ3) is 2.40. The number of nitrogen functional groups attached to an aromatic ring is 1. The quantitative estimate of drug-likeness (QED) is 0.726. The van der Waals surface area contributed by atoms with E-state index in [4.69, 9.17) is 11.0 Å². The van der Waals surface area contributed by atoms with Gasteiger partial charge in [-0.05, 0) is 47.3 Å². The van der Waals surface area contributed by atoms with E-state index in [1.807, 2.05) is 36.5 Å². The largest absolute Gasteiger partial charge is 0.399 e. The Bertz CT molecular complexity index is 807. The molecule has 0 saturated heterocycles. The van der Waals surface area contributed by atoms with Crippen LogP contribution < -0.4 is 5.73 Å². The lowest BCUT2D eigenvalue weighted by Gasteiger charge is -2.08. The predicted molar refractivity (Wildman–Crippen MR) is 84.3 cm³/mol. The number of aromatic nitrogens is 1. The molecule has 20 heavy (non-hydrogen) atoms. The number of nitriles is 1. The van der Waals surface area contributed by atoms with Crippen molar-refractivity contribution in [2.45, 2.75) is 6.54 Å². The number of rotatable bonds is 2. The van der Waals surface area contributed by atoms with Crippen LogP contribution in [0.2, 0.25) is 0 Å². The number of benzene rings is 2. The molecular formula is C16H12BrN3. The zero-order chi connectivity index (χ0) is 14.1. The minimum atomic E-state index is 0.672. The summed E-state index contributed by atoms with van der Waals surface area (Å²) in [6.45, 7) is 0.724. The molecule has 0 fully saturated rings. The Labute approximate surface area is 125 Å². The lowest BCUT2D eigenvalue weighted by molar-refractivity contribution is 0.836. The fourth-order valence-corrected chi connectivity index (χ4v) is 2.91. The third-order valence-electron chi connectivity index (χ3n) is 3.24. The Morgan fingerprint density at radius 1 is 1.15 bits per heavy atom. The Hall–Kier alpha value is -2.25. The van der Waals surface area contributed by atoms with E-state index in [9.17, 15) is 0 Å². The number of halogens is 1. The fourth-order valence-electron chi connectivity index (χ4n) is 2.35. The second kappa shape index (κ2) is 5.03. The zero-order valence-electron chi connectivity index (χ0n) is 10.7. The summed E-state index contributed by atoms with van der Waals surface area (Å²) in [5.41, 5.74) is 9.46. The topological polar surface area (TPSA) is 54.7 Å². The van der Waals surface area contributed by atoms with Gasteiger partial charge in [0.1, 0.15) is 0 Å². The van der Waals surface area contributed by atoms with Gasteiger partial charge in [0.2, 0.25) is 0 Å². The van der Waals surface area contributed by atoms with Crippen LogP contribution in [0.25, 0.3) is 10.9 Å². The first kappa shape index (κ1) is 12.8. The van der Waals surface area contributed by atoms with Crippen molar-refractivity contribution in [3.8, 4) is 6.07 Å². The highest BCUT2D eigenvalue weighted by Crippen LogP contribution is 2.22. The van der Waals surface area contributed by atoms with E-state index >= 15 is 0 Å². The summed E-state index contributed by atoms with van der Waals surface area (Å²) in [6, 6.07) is 15.8. The molecule has 4 heteroatoms. The van der Waals surface area contributed by atoms with Gasteiger partial charge in [-0.3, -0.25) is 0 Å². The van der Waals surface area contributed by atoms with Gasteiger partial charge in [0, 0.05) is 28.4 Å². The molecule has 3 rings (SSSR count). The number of fused-ring (bicyclic) bond motifs is 1. The third-order valence-corrected chi connectivity index (χ3v) is 3.69. The van der Waals surface area contributed by atoms with Gasteiger partial charge in [0.25, 0.3) is 0 Å². The van der Waals surface area contributed by atoms with Gasteiger partial charge >= 0.3 is 0 Å². The van der Waals surface area contributed by atoms with Gasteiger partial charge < -0.3 is 10.3 Å². The van der Waals surface area contributed by atoms with E-state index in [2.05, 4.69) is 38.7 Å². The molecule has 3 aromatic rings. The Morgan fingerprint density at radius 2 is 2.00 bits per heavy atom. The van der Waals surface area contributed by atoms with Crippen LogP contribution in [0, 0.1) is 11.3 Å². The molecule has 0 amide bonds. The van der Waals surface area contributed by atoms with E-state index in [1.165, 1.54) is 0 Å². The summed E-state index contributed by atoms with van der Waals surface area (Å²) in [7, 11) is 0. The first-order valence-electron chi connectivity index (χ1n) is 6.19. The maximum Gasteiger partial charge on any atom is 0.0992 e. The van der Waals surface area contributed by atoms with Gasteiger partial charge in [-0.15, -0.1) is 0 Å². The highest BCUT2D eigenvalue weighted by molar-refractivity contribution is 9.10. The SMILES string of the molecule is N#Cc1ccc2ccn(Cc3cc(N)cc(Br)c3)c2c1. The monoisotopic (exact) mass is 325 g/mol. The number of hydrogen-bond acceptors (Lipinski definition) is 2. The maximum atomic E-state index is 9.01. The van der Waals surface area contributed by atoms with Crippen molar-refractivity contribution in [1.29, 1.82) is 5.26 Å². The molecule has 0 atom stereocenters. The van der Waals surface area contributed by atoms with Crippen molar-refractivity contribution >= 4 is 32.5 Å². The lowest BCUT2D eigenvalue weighted by Crippen LogP contribution is -1.99. The summed E-state index contributed by atoms with van der Waals surface area (Å²) in [5, 5.41) is 10.1. The average molecular weight is 326 g/mol. The predicted octanol–water partition coefficient (Wildman–Crippen LogP) is 3.91. The molecule has 2 aromatic carbocycles. The van der Waals surface area contributed by atoms with Gasteiger partial charge in [-0.2, -0.15) is 5.26 Å². The summed E-state index contributed by atoms with van der Waals surface area (Å²) in [4.78, 5) is 0. The van der Waals surface area contributed by atoms with Crippen molar-refractivity contribution in [2.75, 3.05) is 5.73 Å². The van der Waals surface area contributed by atoms with Gasteiger partial charge in [-0.25, -0.2) is 0 Å². The highest BCUT2D eigenvalue weighted by atomic mass is 79.9. The second-order valence-corrected chi connectivity index (χ2v) is 5.64. The van der Waals surface area contributed by atoms with E-state index < -0.39 is 0 Å². The zero-order valence-corrected chi connectivity index (χ0v) is 12.3. The van der Waals surface area contributed by atoms with Crippen molar-refractivity contribution in [1.82, 2.24) is 4.57 Å². The van der Waals surface area contributed by atoms with Crippen LogP contribution in [0.15, 0.2) is 53.1 Å². The molecule has 2 N–H and O–H groups in total. The van der Waals surface area contributed by atoms with Crippen LogP contribution in [0.3, 0.4) is 0 Å². The van der Waals surface area contributed by atoms with Crippen LogP contribution in [-0.4, -0.2) is 4.57 Å². The van der Waals surface area contributed by atoms with Crippen molar-refractivity contribution < 1.29 is 0 Å². The van der Waals surface area contributed by atoms with Crippen LogP contribution in [0.1, 0.15) is 11.1 Å². The van der Waals surface area contributed by atoms with Gasteiger partial charge in [-0.1, -0.05) is 22.0 Å². The highest BCUT2D eigenvalue weighted by Gasteiger charge is 2.04. The van der Waals surface area contributed by atoms with Crippen LogP contribution in [-0.2, 0) is 6.54 Å². The molecule has 1 aromatic heterocycles. The van der Waals surface area contributed by atoms with Crippen molar-refractivity contribution in [3.63, 3.8) is 0 Å². The van der Waals surface area contributed by atoms with Crippen LogP contribution >= 0.6 is 15.9 Å². The normalized spacial score (nSPS) is 10.6. The summed E-state index contributed by atoms with van der Waals surface area (Å²) in [6.07, 6.45) is 2.03. The molecule has 0 aliphatic carbocycles. The first-order valence-corrected chi connectivity index (χ1v) is 6.99. The van der Waals surface area contributed by atoms with Crippen molar-refractivity contribution in [3.05, 3.63) is 64.3 Å². The smallest absolute Gasteiger partial charge is 0.0992 e. The number of hydrogen-bond donors (Lipinski definition) is 1. The lowest BCUT2D eigenvalue weighted by atomic mass is 10.1. The standard InChI is InChI=1S/C16H12BrN3/c17-14-5-12(6-15(19)8-14)10-20-4-3-13-2-1-11(9-18)7-16(13)20/h1-8H,10,19H2. The number of nitrogens with zero attached hydrogens (tertiary/aromatic N) is 2. The van der Waals surface area contributed by atoms with Gasteiger partial charge in [0.15, 0.2) is 0 Å². The van der Waals surface area contributed by atoms with E-state index in [0.29, 0.717) is 5.56 Å². The van der Waals surface area contributed by atoms with E-state index in [1.54, 1.807) is 0 Å². The minimum absolute atomic E-state index is 0.672. The Balaban J connectivity index is 2.04. The molecule has 0 saturated carbocycles. The van der Waals surface area contributed by atoms with Crippen LogP contribution in [0.4, 0.5) is 5.69 Å². The maximum absolute atomic E-state index is 9.01. The summed E-state index contributed by atoms with van der Waals surface area (Å²) < 4.78 is 3.10. The molecule has 0 aliphatic heterocycles. The second-order valence-electron chi connectivity index (χ2n) is 4.72. The number of nitrogens with two attached hydrogens (primary N) is 1. The van der Waals surface area contributed by atoms with Crippen LogP contribution in [0.5, 0.6) is 0 Å². The van der Waals surface area contributed by atoms with Gasteiger partial charge in [0.05, 0.1) is 11.6 Å². The number of anilines is 1. The Kier molecular flexibility index (Phi) is 3.21.